The van der Waals surface area contributed by atoms with Crippen molar-refractivity contribution in [1.82, 2.24) is 0 Å². The molecular weight excluding hydrogens is 1250 g/mol. The van der Waals surface area contributed by atoms with Crippen molar-refractivity contribution in [2.75, 3.05) is 39.6 Å². The fourth-order valence-corrected chi connectivity index (χ4v) is 13.1. The quantitative estimate of drug-likeness (QED) is 0.0222. The lowest BCUT2D eigenvalue weighted by Gasteiger charge is -2.21. The summed E-state index contributed by atoms with van der Waals surface area (Å²) in [5, 5.41) is 10.6. The highest BCUT2D eigenvalue weighted by atomic mass is 31.2. The van der Waals surface area contributed by atoms with Gasteiger partial charge in [0.15, 0.2) is 12.2 Å². The summed E-state index contributed by atoms with van der Waals surface area (Å²) in [6.45, 7) is 14.2. The number of hydrogen-bond donors (Lipinski definition) is 3. The number of phosphoric ester groups is 2. The van der Waals surface area contributed by atoms with Crippen LogP contribution in [-0.2, 0) is 65.4 Å². The third-order valence-electron chi connectivity index (χ3n) is 17.6. The summed E-state index contributed by atoms with van der Waals surface area (Å²) in [5.74, 6) is 0.909. The van der Waals surface area contributed by atoms with Gasteiger partial charge in [-0.3, -0.25) is 37.3 Å². The Labute approximate surface area is 581 Å². The number of aliphatic hydroxyl groups is 1. The normalized spacial score (nSPS) is 14.1. The van der Waals surface area contributed by atoms with E-state index < -0.39 is 97.5 Å². The van der Waals surface area contributed by atoms with Crippen molar-refractivity contribution < 1.29 is 80.2 Å². The maximum absolute atomic E-state index is 13.1. The monoisotopic (exact) mass is 1400 g/mol. The Kier molecular flexibility index (Phi) is 64.0. The van der Waals surface area contributed by atoms with Crippen LogP contribution in [0.4, 0.5) is 0 Å². The van der Waals surface area contributed by atoms with Crippen LogP contribution < -0.4 is 0 Å². The Morgan fingerprint density at radius 2 is 0.442 bits per heavy atom. The number of unbranched alkanes of at least 4 members (excludes halogenated alkanes) is 39. The Morgan fingerprint density at radius 3 is 0.653 bits per heavy atom. The Bertz CT molecular complexity index is 1870. The molecule has 19 heteroatoms. The van der Waals surface area contributed by atoms with Crippen molar-refractivity contribution in [3.63, 3.8) is 0 Å². The molecule has 564 valence electrons. The number of ether oxygens (including phenoxy) is 4. The fourth-order valence-electron chi connectivity index (χ4n) is 11.6. The van der Waals surface area contributed by atoms with Gasteiger partial charge in [0.1, 0.15) is 19.3 Å². The average molecular weight is 1400 g/mol. The van der Waals surface area contributed by atoms with Crippen LogP contribution in [0.25, 0.3) is 0 Å². The fraction of sp³-hybridized carbons (Fsp3) is 0.947. The molecule has 5 atom stereocenters. The molecule has 0 aliphatic rings. The van der Waals surface area contributed by atoms with Gasteiger partial charge in [0.25, 0.3) is 0 Å². The van der Waals surface area contributed by atoms with Crippen molar-refractivity contribution in [1.29, 1.82) is 0 Å². The lowest BCUT2D eigenvalue weighted by molar-refractivity contribution is -0.161. The van der Waals surface area contributed by atoms with Crippen molar-refractivity contribution in [3.05, 3.63) is 0 Å². The molecule has 0 aliphatic carbocycles. The minimum Gasteiger partial charge on any atom is -0.462 e. The maximum Gasteiger partial charge on any atom is 0.472 e. The van der Waals surface area contributed by atoms with E-state index in [0.29, 0.717) is 25.7 Å². The average Bonchev–Trinajstić information content (AvgIpc) is 1.22. The van der Waals surface area contributed by atoms with Gasteiger partial charge < -0.3 is 33.8 Å². The summed E-state index contributed by atoms with van der Waals surface area (Å²) in [4.78, 5) is 72.8. The van der Waals surface area contributed by atoms with Gasteiger partial charge >= 0.3 is 39.5 Å². The minimum absolute atomic E-state index is 0.104. The molecule has 17 nitrogen and oxygen atoms in total. The zero-order valence-electron chi connectivity index (χ0n) is 62.3. The third-order valence-corrected chi connectivity index (χ3v) is 19.5. The first kappa shape index (κ1) is 93.1. The van der Waals surface area contributed by atoms with E-state index in [9.17, 15) is 43.2 Å². The number of aliphatic hydroxyl groups excluding tert-OH is 1. The number of carbonyl (C=O) groups is 4. The van der Waals surface area contributed by atoms with Gasteiger partial charge in [0.2, 0.25) is 0 Å². The molecule has 0 saturated heterocycles. The first-order valence-corrected chi connectivity index (χ1v) is 42.2. The highest BCUT2D eigenvalue weighted by Crippen LogP contribution is 2.45. The maximum atomic E-state index is 13.1. The van der Waals surface area contributed by atoms with Crippen LogP contribution in [0, 0.1) is 23.7 Å². The van der Waals surface area contributed by atoms with E-state index >= 15 is 0 Å². The van der Waals surface area contributed by atoms with Gasteiger partial charge in [-0.05, 0) is 49.4 Å². The molecule has 0 aliphatic heterocycles. The lowest BCUT2D eigenvalue weighted by Crippen LogP contribution is -2.30. The van der Waals surface area contributed by atoms with E-state index in [2.05, 4.69) is 55.4 Å². The number of rotatable bonds is 73. The molecule has 0 heterocycles. The van der Waals surface area contributed by atoms with Crippen molar-refractivity contribution >= 4 is 39.5 Å². The van der Waals surface area contributed by atoms with Crippen LogP contribution in [0.1, 0.15) is 383 Å². The van der Waals surface area contributed by atoms with Crippen LogP contribution >= 0.6 is 15.6 Å². The molecular formula is C76H148O17P2. The predicted octanol–water partition coefficient (Wildman–Crippen LogP) is 22.0. The Balaban J connectivity index is 5.24. The van der Waals surface area contributed by atoms with E-state index in [1.807, 2.05) is 0 Å². The summed E-state index contributed by atoms with van der Waals surface area (Å²) < 4.78 is 68.5. The summed E-state index contributed by atoms with van der Waals surface area (Å²) in [5.41, 5.74) is 0. The first-order chi connectivity index (χ1) is 45.6. The first-order valence-electron chi connectivity index (χ1n) is 39.2. The number of phosphoric acid groups is 2. The van der Waals surface area contributed by atoms with E-state index in [1.54, 1.807) is 0 Å². The molecule has 0 bridgehead atoms. The zero-order valence-corrected chi connectivity index (χ0v) is 64.1. The van der Waals surface area contributed by atoms with Crippen LogP contribution in [0.2, 0.25) is 0 Å². The summed E-state index contributed by atoms with van der Waals surface area (Å²) in [6, 6.07) is 0. The summed E-state index contributed by atoms with van der Waals surface area (Å²) in [7, 11) is -9.91. The molecule has 0 fully saturated rings. The number of carbonyl (C=O) groups excluding carboxylic acids is 4. The molecule has 3 unspecified atom stereocenters. The largest absolute Gasteiger partial charge is 0.472 e. The summed E-state index contributed by atoms with van der Waals surface area (Å²) >= 11 is 0. The molecule has 0 rings (SSSR count). The van der Waals surface area contributed by atoms with Gasteiger partial charge in [0, 0.05) is 25.7 Å². The molecule has 0 saturated carbocycles. The number of hydrogen-bond acceptors (Lipinski definition) is 15. The lowest BCUT2D eigenvalue weighted by atomic mass is 10.0. The molecule has 95 heavy (non-hydrogen) atoms. The second-order valence-electron chi connectivity index (χ2n) is 29.3. The Morgan fingerprint density at radius 1 is 0.263 bits per heavy atom. The summed E-state index contributed by atoms with van der Waals surface area (Å²) in [6.07, 6.45) is 50.0. The second-order valence-corrected chi connectivity index (χ2v) is 32.2. The highest BCUT2D eigenvalue weighted by molar-refractivity contribution is 7.47. The van der Waals surface area contributed by atoms with Gasteiger partial charge in [0.05, 0.1) is 26.4 Å². The van der Waals surface area contributed by atoms with Gasteiger partial charge in [-0.1, -0.05) is 331 Å². The third kappa shape index (κ3) is 70.3. The van der Waals surface area contributed by atoms with Crippen LogP contribution in [0.5, 0.6) is 0 Å². The molecule has 0 aromatic heterocycles. The van der Waals surface area contributed by atoms with Crippen LogP contribution in [-0.4, -0.2) is 96.7 Å². The molecule has 0 amide bonds. The van der Waals surface area contributed by atoms with Gasteiger partial charge in [-0.15, -0.1) is 0 Å². The van der Waals surface area contributed by atoms with Gasteiger partial charge in [-0.2, -0.15) is 0 Å². The van der Waals surface area contributed by atoms with E-state index in [4.69, 9.17) is 37.0 Å². The standard InChI is InChI=1S/C76H148O17P2/c1-66(2)52-44-36-28-20-15-13-11-9-10-12-14-16-24-34-42-50-58-75(80)92-71(62-86-73(78)56-48-40-32-23-18-17-21-29-37-45-53-67(3)4)64-90-94(82,83)88-60-70(77)61-89-95(84,85)91-65-72(63-87-74(79)57-49-41-33-27-26-31-39-47-55-69(7)8)93-76(81)59-51-43-35-25-19-22-30-38-46-54-68(5)6/h66-72,77H,9-65H2,1-8H3,(H,82,83)(H,84,85)/t70?,71-,72-/m1/s1. The molecule has 0 spiro atoms. The SMILES string of the molecule is CC(C)CCCCCCCCCCCCCCCCCCC(=O)O[C@H](COC(=O)CCCCCCCCCCCCC(C)C)COP(=O)(O)OCC(O)COP(=O)(O)OC[C@@H](COC(=O)CCCCCCCCCCC(C)C)OC(=O)CCCCCCCCCCCC(C)C. The molecule has 3 N–H and O–H groups in total. The predicted molar refractivity (Wildman–Crippen MR) is 386 cm³/mol. The molecule has 0 aromatic carbocycles. The van der Waals surface area contributed by atoms with Gasteiger partial charge in [-0.25, -0.2) is 9.13 Å². The number of esters is 4. The molecule has 0 aromatic rings. The van der Waals surface area contributed by atoms with Crippen LogP contribution in [0.15, 0.2) is 0 Å². The van der Waals surface area contributed by atoms with Crippen molar-refractivity contribution in [2.45, 2.75) is 401 Å². The second kappa shape index (κ2) is 65.4. The van der Waals surface area contributed by atoms with E-state index in [1.165, 1.54) is 186 Å². The smallest absolute Gasteiger partial charge is 0.462 e. The van der Waals surface area contributed by atoms with Crippen LogP contribution in [0.3, 0.4) is 0 Å². The van der Waals surface area contributed by atoms with Crippen molar-refractivity contribution in [2.24, 2.45) is 23.7 Å². The minimum atomic E-state index is -4.96. The van der Waals surface area contributed by atoms with E-state index in [-0.39, 0.29) is 25.7 Å². The zero-order chi connectivity index (χ0) is 70.3. The highest BCUT2D eigenvalue weighted by Gasteiger charge is 2.30. The Hall–Kier alpha value is -1.94. The van der Waals surface area contributed by atoms with E-state index in [0.717, 1.165) is 114 Å². The molecule has 0 radical (unpaired) electrons. The van der Waals surface area contributed by atoms with Crippen molar-refractivity contribution in [3.8, 4) is 0 Å². The topological polar surface area (TPSA) is 237 Å².